The summed E-state index contributed by atoms with van der Waals surface area (Å²) in [6, 6.07) is 15.7. The normalized spacial score (nSPS) is 16.5. The number of benzene rings is 2. The molecule has 1 heterocycles. The first-order valence-electron chi connectivity index (χ1n) is 9.13. The first-order chi connectivity index (χ1) is 13.7. The third-order valence-corrected chi connectivity index (χ3v) is 4.31. The molecule has 3 rings (SSSR count). The SMILES string of the molecule is COC(=O)c1ccc(C(=O)NC(=NC[C@H]2CCCO2)Nc2ccccc2)cc1. The van der Waals surface area contributed by atoms with Crippen LogP contribution in [0.4, 0.5) is 5.69 Å². The summed E-state index contributed by atoms with van der Waals surface area (Å²) in [5.41, 5.74) is 1.61. The fourth-order valence-corrected chi connectivity index (χ4v) is 2.81. The predicted molar refractivity (Wildman–Crippen MR) is 107 cm³/mol. The molecule has 7 nitrogen and oxygen atoms in total. The lowest BCUT2D eigenvalue weighted by Gasteiger charge is -2.13. The van der Waals surface area contributed by atoms with E-state index in [9.17, 15) is 9.59 Å². The highest BCUT2D eigenvalue weighted by molar-refractivity contribution is 6.10. The lowest BCUT2D eigenvalue weighted by atomic mass is 10.1. The largest absolute Gasteiger partial charge is 0.465 e. The van der Waals surface area contributed by atoms with Gasteiger partial charge in [0.2, 0.25) is 5.96 Å². The lowest BCUT2D eigenvalue weighted by Crippen LogP contribution is -2.36. The van der Waals surface area contributed by atoms with Crippen LogP contribution in [0, 0.1) is 0 Å². The number of ether oxygens (including phenoxy) is 2. The number of hydrogen-bond acceptors (Lipinski definition) is 5. The maximum absolute atomic E-state index is 12.6. The van der Waals surface area contributed by atoms with Crippen molar-refractivity contribution in [2.75, 3.05) is 25.6 Å². The Hall–Kier alpha value is -3.19. The smallest absolute Gasteiger partial charge is 0.337 e. The first kappa shape index (κ1) is 19.6. The van der Waals surface area contributed by atoms with Gasteiger partial charge in [0.1, 0.15) is 0 Å². The quantitative estimate of drug-likeness (QED) is 0.472. The number of hydrogen-bond donors (Lipinski definition) is 2. The highest BCUT2D eigenvalue weighted by atomic mass is 16.5. The molecule has 1 aliphatic heterocycles. The maximum Gasteiger partial charge on any atom is 0.337 e. The molecule has 0 bridgehead atoms. The van der Waals surface area contributed by atoms with Crippen LogP contribution in [0.5, 0.6) is 0 Å². The zero-order chi connectivity index (χ0) is 19.8. The van der Waals surface area contributed by atoms with E-state index in [4.69, 9.17) is 4.74 Å². The molecule has 1 saturated heterocycles. The molecule has 0 spiro atoms. The van der Waals surface area contributed by atoms with Crippen LogP contribution in [-0.4, -0.2) is 44.2 Å². The van der Waals surface area contributed by atoms with E-state index < -0.39 is 5.97 Å². The summed E-state index contributed by atoms with van der Waals surface area (Å²) in [4.78, 5) is 28.6. The van der Waals surface area contributed by atoms with Crippen molar-refractivity contribution in [3.05, 3.63) is 65.7 Å². The summed E-state index contributed by atoms with van der Waals surface area (Å²) in [5, 5.41) is 5.93. The number of esters is 1. The van der Waals surface area contributed by atoms with Crippen molar-refractivity contribution >= 4 is 23.5 Å². The Morgan fingerprint density at radius 3 is 2.46 bits per heavy atom. The molecule has 1 fully saturated rings. The van der Waals surface area contributed by atoms with E-state index >= 15 is 0 Å². The van der Waals surface area contributed by atoms with Crippen molar-refractivity contribution in [1.29, 1.82) is 0 Å². The van der Waals surface area contributed by atoms with Crippen LogP contribution in [-0.2, 0) is 9.47 Å². The van der Waals surface area contributed by atoms with Crippen molar-refractivity contribution < 1.29 is 19.1 Å². The summed E-state index contributed by atoms with van der Waals surface area (Å²) in [5.74, 6) is -0.425. The number of rotatable bonds is 5. The minimum absolute atomic E-state index is 0.0730. The molecule has 2 aromatic carbocycles. The molecule has 1 aliphatic rings. The minimum Gasteiger partial charge on any atom is -0.465 e. The molecule has 0 saturated carbocycles. The number of methoxy groups -OCH3 is 1. The summed E-state index contributed by atoms with van der Waals surface area (Å²) < 4.78 is 10.3. The Labute approximate surface area is 163 Å². The summed E-state index contributed by atoms with van der Waals surface area (Å²) >= 11 is 0. The second kappa shape index (κ2) is 9.66. The monoisotopic (exact) mass is 381 g/mol. The van der Waals surface area contributed by atoms with Crippen LogP contribution in [0.1, 0.15) is 33.6 Å². The number of guanidine groups is 1. The Balaban J connectivity index is 1.70. The van der Waals surface area contributed by atoms with E-state index in [0.717, 1.165) is 25.1 Å². The number of carbonyl (C=O) groups is 2. The average molecular weight is 381 g/mol. The third kappa shape index (κ3) is 5.40. The molecule has 7 heteroatoms. The number of anilines is 1. The standard InChI is InChI=1S/C21H23N3O4/c1-27-20(26)16-11-9-15(10-12-16)19(25)24-21(22-14-18-8-5-13-28-18)23-17-6-3-2-4-7-17/h2-4,6-7,9-12,18H,5,8,13-14H2,1H3,(H2,22,23,24,25)/t18-/m1/s1. The van der Waals surface area contributed by atoms with Gasteiger partial charge < -0.3 is 14.8 Å². The molecular formula is C21H23N3O4. The van der Waals surface area contributed by atoms with Gasteiger partial charge in [0.25, 0.3) is 5.91 Å². The molecule has 1 amide bonds. The molecule has 1 atom stereocenters. The van der Waals surface area contributed by atoms with Crippen molar-refractivity contribution in [2.24, 2.45) is 4.99 Å². The Morgan fingerprint density at radius 2 is 1.82 bits per heavy atom. The molecule has 2 aromatic rings. The van der Waals surface area contributed by atoms with Crippen LogP contribution >= 0.6 is 0 Å². The highest BCUT2D eigenvalue weighted by Gasteiger charge is 2.16. The van der Waals surface area contributed by atoms with Gasteiger partial charge in [-0.2, -0.15) is 0 Å². The molecule has 2 N–H and O–H groups in total. The number of amides is 1. The topological polar surface area (TPSA) is 89.0 Å². The molecule has 146 valence electrons. The van der Waals surface area contributed by atoms with Gasteiger partial charge in [-0.1, -0.05) is 18.2 Å². The van der Waals surface area contributed by atoms with Gasteiger partial charge in [0.05, 0.1) is 25.3 Å². The van der Waals surface area contributed by atoms with E-state index in [-0.39, 0.29) is 12.0 Å². The number of nitrogens with one attached hydrogen (secondary N) is 2. The molecule has 0 aliphatic carbocycles. The fourth-order valence-electron chi connectivity index (χ4n) is 2.81. The lowest BCUT2D eigenvalue weighted by molar-refractivity contribution is 0.0600. The van der Waals surface area contributed by atoms with Gasteiger partial charge in [0, 0.05) is 17.9 Å². The van der Waals surface area contributed by atoms with Crippen LogP contribution < -0.4 is 10.6 Å². The number of aliphatic imine (C=N–C) groups is 1. The average Bonchev–Trinajstić information content (AvgIpc) is 3.26. The van der Waals surface area contributed by atoms with E-state index in [1.807, 2.05) is 30.3 Å². The second-order valence-corrected chi connectivity index (χ2v) is 6.34. The van der Waals surface area contributed by atoms with Gasteiger partial charge >= 0.3 is 5.97 Å². The van der Waals surface area contributed by atoms with E-state index in [1.54, 1.807) is 24.3 Å². The van der Waals surface area contributed by atoms with Gasteiger partial charge in [-0.15, -0.1) is 0 Å². The summed E-state index contributed by atoms with van der Waals surface area (Å²) in [6.45, 7) is 1.22. The Morgan fingerprint density at radius 1 is 1.11 bits per heavy atom. The highest BCUT2D eigenvalue weighted by Crippen LogP contribution is 2.12. The fraction of sp³-hybridized carbons (Fsp3) is 0.286. The second-order valence-electron chi connectivity index (χ2n) is 6.34. The van der Waals surface area contributed by atoms with Crippen LogP contribution in [0.2, 0.25) is 0 Å². The Kier molecular flexibility index (Phi) is 6.75. The minimum atomic E-state index is -0.448. The van der Waals surface area contributed by atoms with Crippen molar-refractivity contribution in [2.45, 2.75) is 18.9 Å². The van der Waals surface area contributed by atoms with E-state index in [0.29, 0.717) is 23.6 Å². The zero-order valence-electron chi connectivity index (χ0n) is 15.7. The van der Waals surface area contributed by atoms with E-state index in [1.165, 1.54) is 7.11 Å². The van der Waals surface area contributed by atoms with Gasteiger partial charge in [-0.3, -0.25) is 10.1 Å². The third-order valence-electron chi connectivity index (χ3n) is 4.31. The van der Waals surface area contributed by atoms with Crippen LogP contribution in [0.3, 0.4) is 0 Å². The maximum atomic E-state index is 12.6. The molecular weight excluding hydrogens is 358 g/mol. The molecule has 0 radical (unpaired) electrons. The van der Waals surface area contributed by atoms with Crippen LogP contribution in [0.15, 0.2) is 59.6 Å². The summed E-state index contributed by atoms with van der Waals surface area (Å²) in [6.07, 6.45) is 2.06. The van der Waals surface area contributed by atoms with Gasteiger partial charge in [0.15, 0.2) is 0 Å². The van der Waals surface area contributed by atoms with E-state index in [2.05, 4.69) is 20.4 Å². The number of nitrogens with zero attached hydrogens (tertiary/aromatic N) is 1. The zero-order valence-corrected chi connectivity index (χ0v) is 15.7. The first-order valence-corrected chi connectivity index (χ1v) is 9.13. The summed E-state index contributed by atoms with van der Waals surface area (Å²) in [7, 11) is 1.31. The number of carbonyl (C=O) groups excluding carboxylic acids is 2. The predicted octanol–water partition coefficient (Wildman–Crippen LogP) is 2.85. The number of para-hydroxylation sites is 1. The van der Waals surface area contributed by atoms with Crippen LogP contribution in [0.25, 0.3) is 0 Å². The molecule has 0 unspecified atom stereocenters. The molecule has 28 heavy (non-hydrogen) atoms. The van der Waals surface area contributed by atoms with Crippen molar-refractivity contribution in [3.8, 4) is 0 Å². The van der Waals surface area contributed by atoms with Gasteiger partial charge in [-0.05, 0) is 49.2 Å². The van der Waals surface area contributed by atoms with Crippen molar-refractivity contribution in [3.63, 3.8) is 0 Å². The molecule has 0 aromatic heterocycles. The Bertz CT molecular complexity index is 828. The van der Waals surface area contributed by atoms with Gasteiger partial charge in [-0.25, -0.2) is 9.79 Å². The van der Waals surface area contributed by atoms with Crippen molar-refractivity contribution in [1.82, 2.24) is 5.32 Å².